The fraction of sp³-hybridized carbons (Fsp3) is 0.417. The maximum Gasteiger partial charge on any atom is 0.192 e. The van der Waals surface area contributed by atoms with E-state index < -0.39 is 9.84 Å². The van der Waals surface area contributed by atoms with Crippen LogP contribution in [0, 0.1) is 6.92 Å². The number of aliphatic imine (C=N–C) groups is 1. The molecule has 1 fully saturated rings. The minimum Gasteiger partial charge on any atom is -0.368 e. The summed E-state index contributed by atoms with van der Waals surface area (Å²) in [4.78, 5) is 29.5. The van der Waals surface area contributed by atoms with Gasteiger partial charge in [0.15, 0.2) is 26.5 Å². The molecule has 1 aliphatic carbocycles. The van der Waals surface area contributed by atoms with Gasteiger partial charge in [0, 0.05) is 31.0 Å². The maximum atomic E-state index is 11.6. The Morgan fingerprint density at radius 3 is 2.57 bits per heavy atom. The van der Waals surface area contributed by atoms with Crippen molar-refractivity contribution in [2.45, 2.75) is 57.1 Å². The van der Waals surface area contributed by atoms with Crippen LogP contribution in [0.25, 0.3) is 11.4 Å². The van der Waals surface area contributed by atoms with Gasteiger partial charge < -0.3 is 10.2 Å². The molecule has 0 saturated heterocycles. The third-order valence-electron chi connectivity index (χ3n) is 6.15. The van der Waals surface area contributed by atoms with Gasteiger partial charge >= 0.3 is 0 Å². The van der Waals surface area contributed by atoms with E-state index in [1.54, 1.807) is 24.8 Å². The molecule has 0 radical (unpaired) electrons. The normalized spacial score (nSPS) is 15.7. The molecular weight excluding hydrogens is 464 g/mol. The fourth-order valence-corrected chi connectivity index (χ4v) is 4.65. The van der Waals surface area contributed by atoms with Gasteiger partial charge in [0.25, 0.3) is 0 Å². The second kappa shape index (κ2) is 8.95. The Morgan fingerprint density at radius 2 is 1.91 bits per heavy atom. The summed E-state index contributed by atoms with van der Waals surface area (Å²) in [5.74, 6) is 2.67. The van der Waals surface area contributed by atoms with E-state index >= 15 is 0 Å². The number of sulfone groups is 1. The SMILES string of the molecule is Cc1ncnc(C2CC2)c1-c1ncc2c(n1)N(C(C)C)CC(NCc1ccc(S(C)(=O)=O)nc1)=N2. The molecule has 0 bridgehead atoms. The van der Waals surface area contributed by atoms with E-state index in [1.807, 2.05) is 6.92 Å². The predicted octanol–water partition coefficient (Wildman–Crippen LogP) is 2.97. The lowest BCUT2D eigenvalue weighted by Gasteiger charge is -2.32. The van der Waals surface area contributed by atoms with Gasteiger partial charge in [-0.15, -0.1) is 0 Å². The van der Waals surface area contributed by atoms with Gasteiger partial charge in [-0.3, -0.25) is 0 Å². The number of hydrogen-bond acceptors (Lipinski definition) is 10. The maximum absolute atomic E-state index is 11.6. The lowest BCUT2D eigenvalue weighted by molar-refractivity contribution is 0.598. The van der Waals surface area contributed by atoms with Gasteiger partial charge in [-0.25, -0.2) is 38.3 Å². The third kappa shape index (κ3) is 4.86. The average Bonchev–Trinajstić information content (AvgIpc) is 3.67. The smallest absolute Gasteiger partial charge is 0.192 e. The number of aromatic nitrogens is 5. The standard InChI is InChI=1S/C24H28N8O2S/c1-14(2)32-12-19(25-9-16-5-8-20(26-10-16)35(4,33)34)30-18-11-27-23(31-24(18)32)21-15(3)28-13-29-22(21)17-6-7-17/h5,8,10-11,13-14,17H,6-7,9,12H2,1-4H3,(H,25,30). The molecule has 1 N–H and O–H groups in total. The molecule has 0 unspecified atom stereocenters. The second-order valence-electron chi connectivity index (χ2n) is 9.31. The van der Waals surface area contributed by atoms with Crippen LogP contribution in [0.15, 0.2) is 40.9 Å². The molecule has 5 rings (SSSR count). The number of rotatable bonds is 6. The van der Waals surface area contributed by atoms with E-state index in [2.05, 4.69) is 44.0 Å². The van der Waals surface area contributed by atoms with Gasteiger partial charge in [-0.2, -0.15) is 0 Å². The largest absolute Gasteiger partial charge is 0.368 e. The van der Waals surface area contributed by atoms with Crippen LogP contribution in [0.2, 0.25) is 0 Å². The first-order valence-electron chi connectivity index (χ1n) is 11.6. The van der Waals surface area contributed by atoms with Gasteiger partial charge in [0.2, 0.25) is 0 Å². The first-order valence-corrected chi connectivity index (χ1v) is 13.5. The van der Waals surface area contributed by atoms with Crippen LogP contribution in [0.5, 0.6) is 0 Å². The number of anilines is 1. The van der Waals surface area contributed by atoms with Crippen molar-refractivity contribution in [3.05, 3.63) is 47.8 Å². The Balaban J connectivity index is 1.42. The van der Waals surface area contributed by atoms with Crippen LogP contribution >= 0.6 is 0 Å². The summed E-state index contributed by atoms with van der Waals surface area (Å²) in [5, 5.41) is 3.42. The summed E-state index contributed by atoms with van der Waals surface area (Å²) in [5.41, 5.74) is 4.41. The van der Waals surface area contributed by atoms with E-state index in [-0.39, 0.29) is 11.1 Å². The first-order chi connectivity index (χ1) is 16.7. The Bertz CT molecular complexity index is 1400. The van der Waals surface area contributed by atoms with Crippen molar-refractivity contribution in [3.63, 3.8) is 0 Å². The minimum absolute atomic E-state index is 0.0630. The zero-order valence-electron chi connectivity index (χ0n) is 20.2. The number of fused-ring (bicyclic) bond motifs is 1. The second-order valence-corrected chi connectivity index (χ2v) is 11.3. The molecular formula is C24H28N8O2S. The molecule has 3 aromatic heterocycles. The highest BCUT2D eigenvalue weighted by molar-refractivity contribution is 7.90. The van der Waals surface area contributed by atoms with Crippen molar-refractivity contribution in [2.24, 2.45) is 4.99 Å². The van der Waals surface area contributed by atoms with Crippen molar-refractivity contribution < 1.29 is 8.42 Å². The van der Waals surface area contributed by atoms with Crippen LogP contribution < -0.4 is 10.2 Å². The molecule has 0 amide bonds. The summed E-state index contributed by atoms with van der Waals surface area (Å²) >= 11 is 0. The van der Waals surface area contributed by atoms with Gasteiger partial charge in [0.05, 0.1) is 29.7 Å². The van der Waals surface area contributed by atoms with Crippen molar-refractivity contribution in [1.82, 2.24) is 30.2 Å². The molecule has 0 atom stereocenters. The Hall–Kier alpha value is -3.47. The molecule has 35 heavy (non-hydrogen) atoms. The number of nitrogens with zero attached hydrogens (tertiary/aromatic N) is 7. The van der Waals surface area contributed by atoms with Crippen molar-refractivity contribution in [3.8, 4) is 11.4 Å². The lowest BCUT2D eigenvalue weighted by Crippen LogP contribution is -2.43. The third-order valence-corrected chi connectivity index (χ3v) is 7.15. The Labute approximate surface area is 204 Å². The van der Waals surface area contributed by atoms with Crippen molar-refractivity contribution in [2.75, 3.05) is 17.7 Å². The van der Waals surface area contributed by atoms with Gasteiger partial charge in [0.1, 0.15) is 17.9 Å². The highest BCUT2D eigenvalue weighted by atomic mass is 32.2. The molecule has 1 saturated carbocycles. The number of pyridine rings is 1. The highest BCUT2D eigenvalue weighted by Crippen LogP contribution is 2.44. The first kappa shape index (κ1) is 23.3. The number of amidine groups is 1. The summed E-state index contributed by atoms with van der Waals surface area (Å²) in [6.45, 7) is 7.25. The quantitative estimate of drug-likeness (QED) is 0.552. The average molecular weight is 493 g/mol. The lowest BCUT2D eigenvalue weighted by atomic mass is 10.1. The highest BCUT2D eigenvalue weighted by Gasteiger charge is 2.31. The molecule has 0 aromatic carbocycles. The summed E-state index contributed by atoms with van der Waals surface area (Å²) in [7, 11) is -3.32. The summed E-state index contributed by atoms with van der Waals surface area (Å²) in [6, 6.07) is 3.46. The molecule has 3 aromatic rings. The zero-order chi connectivity index (χ0) is 24.7. The van der Waals surface area contributed by atoms with E-state index in [0.29, 0.717) is 30.5 Å². The van der Waals surface area contributed by atoms with Crippen LogP contribution in [0.3, 0.4) is 0 Å². The Morgan fingerprint density at radius 1 is 1.11 bits per heavy atom. The van der Waals surface area contributed by atoms with Crippen molar-refractivity contribution >= 4 is 27.2 Å². The topological polar surface area (TPSA) is 126 Å². The molecule has 11 heteroatoms. The number of hydrogen-bond donors (Lipinski definition) is 1. The zero-order valence-corrected chi connectivity index (χ0v) is 21.0. The fourth-order valence-electron chi connectivity index (χ4n) is 4.09. The van der Waals surface area contributed by atoms with E-state index in [1.165, 1.54) is 6.07 Å². The van der Waals surface area contributed by atoms with E-state index in [9.17, 15) is 8.42 Å². The molecule has 0 spiro atoms. The van der Waals surface area contributed by atoms with Crippen LogP contribution in [-0.4, -0.2) is 58.0 Å². The van der Waals surface area contributed by atoms with E-state index in [0.717, 1.165) is 53.3 Å². The number of nitrogens with one attached hydrogen (secondary N) is 1. The molecule has 10 nitrogen and oxygen atoms in total. The monoisotopic (exact) mass is 492 g/mol. The van der Waals surface area contributed by atoms with Crippen LogP contribution in [0.4, 0.5) is 11.5 Å². The van der Waals surface area contributed by atoms with E-state index in [4.69, 9.17) is 9.98 Å². The minimum atomic E-state index is -3.32. The van der Waals surface area contributed by atoms with Crippen LogP contribution in [0.1, 0.15) is 49.6 Å². The molecule has 182 valence electrons. The number of aryl methyl sites for hydroxylation is 1. The van der Waals surface area contributed by atoms with Crippen molar-refractivity contribution in [1.29, 1.82) is 0 Å². The van der Waals surface area contributed by atoms with Crippen LogP contribution in [-0.2, 0) is 16.4 Å². The molecule has 1 aliphatic heterocycles. The summed E-state index contributed by atoms with van der Waals surface area (Å²) in [6.07, 6.45) is 8.38. The molecule has 4 heterocycles. The summed E-state index contributed by atoms with van der Waals surface area (Å²) < 4.78 is 23.3. The predicted molar refractivity (Wildman–Crippen MR) is 134 cm³/mol. The Kier molecular flexibility index (Phi) is 5.96. The van der Waals surface area contributed by atoms with Gasteiger partial charge in [-0.1, -0.05) is 6.07 Å². The molecule has 2 aliphatic rings. The van der Waals surface area contributed by atoms with Gasteiger partial charge in [-0.05, 0) is 45.2 Å².